The summed E-state index contributed by atoms with van der Waals surface area (Å²) >= 11 is 1.46. The number of rotatable bonds is 4. The van der Waals surface area contributed by atoms with E-state index in [1.54, 1.807) is 35.2 Å². The highest BCUT2D eigenvalue weighted by molar-refractivity contribution is 7.17. The zero-order valence-electron chi connectivity index (χ0n) is 15.8. The maximum absolute atomic E-state index is 13.3. The van der Waals surface area contributed by atoms with Gasteiger partial charge >= 0.3 is 5.97 Å². The van der Waals surface area contributed by atoms with Gasteiger partial charge in [0.25, 0.3) is 5.56 Å². The molecule has 5 aromatic rings. The number of benzene rings is 3. The molecule has 0 aliphatic carbocycles. The molecule has 0 aliphatic heterocycles. The van der Waals surface area contributed by atoms with E-state index >= 15 is 0 Å². The monoisotopic (exact) mass is 412 g/mol. The van der Waals surface area contributed by atoms with Crippen LogP contribution in [-0.4, -0.2) is 20.6 Å². The quantitative estimate of drug-likeness (QED) is 0.450. The third kappa shape index (κ3) is 3.07. The second-order valence-electron chi connectivity index (χ2n) is 7.04. The average Bonchev–Trinajstić information content (AvgIpc) is 3.20. The van der Waals surface area contributed by atoms with Crippen LogP contribution < -0.4 is 5.56 Å². The maximum atomic E-state index is 13.3. The first kappa shape index (κ1) is 18.3. The zero-order chi connectivity index (χ0) is 20.7. The molecule has 146 valence electrons. The number of carboxylic acids is 1. The second kappa shape index (κ2) is 7.24. The van der Waals surface area contributed by atoms with Crippen LogP contribution in [0.3, 0.4) is 0 Å². The first-order chi connectivity index (χ1) is 14.6. The molecule has 2 aromatic heterocycles. The van der Waals surface area contributed by atoms with E-state index in [2.05, 4.69) is 23.2 Å². The van der Waals surface area contributed by atoms with E-state index < -0.39 is 5.97 Å². The Bertz CT molecular complexity index is 1460. The first-order valence-corrected chi connectivity index (χ1v) is 10.3. The van der Waals surface area contributed by atoms with Crippen molar-refractivity contribution in [3.05, 3.63) is 99.9 Å². The van der Waals surface area contributed by atoms with Gasteiger partial charge in [0, 0.05) is 10.9 Å². The SMILES string of the molecule is O=C(O)c1ccc(Cn2cnc3scc(-c4cccc5ccccc45)c3c2=O)cc1. The Balaban J connectivity index is 1.62. The smallest absolute Gasteiger partial charge is 0.335 e. The molecule has 3 aromatic carbocycles. The number of hydrogen-bond donors (Lipinski definition) is 1. The lowest BCUT2D eigenvalue weighted by atomic mass is 9.99. The van der Waals surface area contributed by atoms with Crippen molar-refractivity contribution in [3.8, 4) is 11.1 Å². The molecule has 0 saturated heterocycles. The van der Waals surface area contributed by atoms with Crippen LogP contribution in [0.1, 0.15) is 15.9 Å². The fraction of sp³-hybridized carbons (Fsp3) is 0.0417. The predicted octanol–water partition coefficient (Wildman–Crippen LogP) is 5.02. The molecular weight excluding hydrogens is 396 g/mol. The maximum Gasteiger partial charge on any atom is 0.335 e. The summed E-state index contributed by atoms with van der Waals surface area (Å²) in [6.45, 7) is 0.326. The van der Waals surface area contributed by atoms with Gasteiger partial charge < -0.3 is 5.11 Å². The van der Waals surface area contributed by atoms with Crippen molar-refractivity contribution >= 4 is 38.3 Å². The van der Waals surface area contributed by atoms with E-state index in [0.717, 1.165) is 27.5 Å². The third-order valence-corrected chi connectivity index (χ3v) is 6.08. The Labute approximate surface area is 175 Å². The summed E-state index contributed by atoms with van der Waals surface area (Å²) in [6, 6.07) is 20.7. The summed E-state index contributed by atoms with van der Waals surface area (Å²) in [7, 11) is 0. The second-order valence-corrected chi connectivity index (χ2v) is 7.89. The Morgan fingerprint density at radius 1 is 0.967 bits per heavy atom. The van der Waals surface area contributed by atoms with Gasteiger partial charge in [-0.2, -0.15) is 0 Å². The summed E-state index contributed by atoms with van der Waals surface area (Å²) < 4.78 is 1.57. The van der Waals surface area contributed by atoms with Crippen molar-refractivity contribution in [1.82, 2.24) is 9.55 Å². The largest absolute Gasteiger partial charge is 0.478 e. The van der Waals surface area contributed by atoms with Crippen molar-refractivity contribution in [2.24, 2.45) is 0 Å². The van der Waals surface area contributed by atoms with Crippen LogP contribution in [0.5, 0.6) is 0 Å². The van der Waals surface area contributed by atoms with Crippen LogP contribution in [0.25, 0.3) is 32.1 Å². The van der Waals surface area contributed by atoms with E-state index in [-0.39, 0.29) is 11.1 Å². The molecule has 0 radical (unpaired) electrons. The normalized spacial score (nSPS) is 11.2. The van der Waals surface area contributed by atoms with Gasteiger partial charge in [-0.25, -0.2) is 9.78 Å². The minimum atomic E-state index is -0.972. The number of fused-ring (bicyclic) bond motifs is 2. The lowest BCUT2D eigenvalue weighted by Crippen LogP contribution is -2.21. The molecule has 0 atom stereocenters. The molecule has 0 spiro atoms. The number of carboxylic acid groups (broad SMARTS) is 1. The summed E-state index contributed by atoms with van der Waals surface area (Å²) in [6.07, 6.45) is 1.55. The lowest BCUT2D eigenvalue weighted by Gasteiger charge is -2.08. The third-order valence-electron chi connectivity index (χ3n) is 5.19. The highest BCUT2D eigenvalue weighted by Crippen LogP contribution is 2.35. The minimum absolute atomic E-state index is 0.105. The number of aromatic nitrogens is 2. The molecule has 0 unspecified atom stereocenters. The van der Waals surface area contributed by atoms with E-state index in [9.17, 15) is 9.59 Å². The fourth-order valence-corrected chi connectivity index (χ4v) is 4.59. The van der Waals surface area contributed by atoms with Crippen molar-refractivity contribution in [2.75, 3.05) is 0 Å². The zero-order valence-corrected chi connectivity index (χ0v) is 16.6. The van der Waals surface area contributed by atoms with E-state index in [0.29, 0.717) is 16.8 Å². The Morgan fingerprint density at radius 3 is 2.53 bits per heavy atom. The molecule has 1 N–H and O–H groups in total. The van der Waals surface area contributed by atoms with Gasteiger partial charge in [-0.15, -0.1) is 11.3 Å². The predicted molar refractivity (Wildman–Crippen MR) is 119 cm³/mol. The molecular formula is C24H16N2O3S. The number of thiophene rings is 1. The number of hydrogen-bond acceptors (Lipinski definition) is 4. The van der Waals surface area contributed by atoms with Gasteiger partial charge in [0.1, 0.15) is 4.83 Å². The van der Waals surface area contributed by atoms with Gasteiger partial charge in [-0.3, -0.25) is 9.36 Å². The molecule has 5 rings (SSSR count). The average molecular weight is 412 g/mol. The van der Waals surface area contributed by atoms with Gasteiger partial charge in [0.2, 0.25) is 0 Å². The summed E-state index contributed by atoms with van der Waals surface area (Å²) in [5.41, 5.74) is 2.86. The van der Waals surface area contributed by atoms with Crippen molar-refractivity contribution < 1.29 is 9.90 Å². The van der Waals surface area contributed by atoms with Gasteiger partial charge in [0.15, 0.2) is 0 Å². The minimum Gasteiger partial charge on any atom is -0.478 e. The number of aromatic carboxylic acids is 1. The van der Waals surface area contributed by atoms with Gasteiger partial charge in [-0.05, 0) is 34.0 Å². The Morgan fingerprint density at radius 2 is 1.73 bits per heavy atom. The summed E-state index contributed by atoms with van der Waals surface area (Å²) in [5.74, 6) is -0.972. The van der Waals surface area contributed by atoms with E-state index in [1.165, 1.54) is 11.3 Å². The molecule has 0 bridgehead atoms. The van der Waals surface area contributed by atoms with Crippen molar-refractivity contribution in [1.29, 1.82) is 0 Å². The molecule has 2 heterocycles. The molecule has 0 saturated carbocycles. The van der Waals surface area contributed by atoms with Crippen molar-refractivity contribution in [2.45, 2.75) is 6.54 Å². The van der Waals surface area contributed by atoms with Crippen LogP contribution in [0.4, 0.5) is 0 Å². The first-order valence-electron chi connectivity index (χ1n) is 9.39. The fourth-order valence-electron chi connectivity index (χ4n) is 3.69. The summed E-state index contributed by atoms with van der Waals surface area (Å²) in [4.78, 5) is 29.6. The molecule has 5 nitrogen and oxygen atoms in total. The van der Waals surface area contributed by atoms with E-state index in [4.69, 9.17) is 5.11 Å². The van der Waals surface area contributed by atoms with Gasteiger partial charge in [-0.1, -0.05) is 54.6 Å². The van der Waals surface area contributed by atoms with E-state index in [1.807, 2.05) is 29.6 Å². The highest BCUT2D eigenvalue weighted by Gasteiger charge is 2.15. The highest BCUT2D eigenvalue weighted by atomic mass is 32.1. The standard InChI is InChI=1S/C24H16N2O3S/c27-23-21-20(19-7-3-5-16-4-1-2-6-18(16)19)13-30-22(21)25-14-26(23)12-15-8-10-17(11-9-15)24(28)29/h1-11,13-14H,12H2,(H,28,29). The molecule has 0 aliphatic rings. The molecule has 30 heavy (non-hydrogen) atoms. The van der Waals surface area contributed by atoms with Crippen LogP contribution in [0.15, 0.2) is 83.2 Å². The Kier molecular flexibility index (Phi) is 4.41. The molecule has 0 amide bonds. The molecule has 0 fully saturated rings. The van der Waals surface area contributed by atoms with Crippen LogP contribution >= 0.6 is 11.3 Å². The number of nitrogens with zero attached hydrogens (tertiary/aromatic N) is 2. The topological polar surface area (TPSA) is 72.2 Å². The van der Waals surface area contributed by atoms with Crippen molar-refractivity contribution in [3.63, 3.8) is 0 Å². The van der Waals surface area contributed by atoms with Crippen LogP contribution in [0.2, 0.25) is 0 Å². The summed E-state index contributed by atoms with van der Waals surface area (Å²) in [5, 5.41) is 13.9. The molecule has 6 heteroatoms. The van der Waals surface area contributed by atoms with Crippen LogP contribution in [-0.2, 0) is 6.54 Å². The Hall–Kier alpha value is -3.77. The lowest BCUT2D eigenvalue weighted by molar-refractivity contribution is 0.0697. The number of carbonyl (C=O) groups is 1. The van der Waals surface area contributed by atoms with Gasteiger partial charge in [0.05, 0.1) is 23.8 Å². The van der Waals surface area contributed by atoms with Crippen LogP contribution in [0, 0.1) is 0 Å².